The van der Waals surface area contributed by atoms with Crippen molar-refractivity contribution < 1.29 is 29.0 Å². The number of hydrogen-bond acceptors (Lipinski definition) is 6. The molecule has 3 aliphatic heterocycles. The van der Waals surface area contributed by atoms with Crippen LogP contribution >= 0.6 is 0 Å². The summed E-state index contributed by atoms with van der Waals surface area (Å²) in [5.74, 6) is -2.53. The first kappa shape index (κ1) is 26.4. The van der Waals surface area contributed by atoms with Gasteiger partial charge in [0.2, 0.25) is 11.8 Å². The van der Waals surface area contributed by atoms with Gasteiger partial charge < -0.3 is 24.4 Å². The molecule has 0 radical (unpaired) electrons. The summed E-state index contributed by atoms with van der Waals surface area (Å²) in [5.41, 5.74) is -2.03. The van der Waals surface area contributed by atoms with Gasteiger partial charge in [-0.2, -0.15) is 0 Å². The lowest BCUT2D eigenvalue weighted by Crippen LogP contribution is -2.60. The van der Waals surface area contributed by atoms with Crippen molar-refractivity contribution >= 4 is 17.8 Å². The molecule has 2 bridgehead atoms. The molecule has 1 N–H and O–H groups in total. The third-order valence-electron chi connectivity index (χ3n) is 7.63. The molecule has 6 atom stereocenters. The Morgan fingerprint density at radius 1 is 1.26 bits per heavy atom. The van der Waals surface area contributed by atoms with Crippen LogP contribution in [0.2, 0.25) is 0 Å². The molecule has 8 heteroatoms. The van der Waals surface area contributed by atoms with Crippen LogP contribution in [0.3, 0.4) is 0 Å². The Balaban J connectivity index is 2.13. The fourth-order valence-corrected chi connectivity index (χ4v) is 6.30. The van der Waals surface area contributed by atoms with Crippen molar-refractivity contribution in [2.75, 3.05) is 19.8 Å². The van der Waals surface area contributed by atoms with Crippen LogP contribution in [0.25, 0.3) is 0 Å². The lowest BCUT2D eigenvalue weighted by Gasteiger charge is -2.40. The first-order chi connectivity index (χ1) is 16.0. The number of aliphatic hydroxyl groups is 1. The summed E-state index contributed by atoms with van der Waals surface area (Å²) < 4.78 is 12.0. The zero-order valence-electron chi connectivity index (χ0n) is 21.2. The van der Waals surface area contributed by atoms with Crippen LogP contribution in [0.15, 0.2) is 25.3 Å². The SMILES string of the molecule is C=CCOC(=O)[C@@H]1[C@H]2C(=O)N([C@@H](CO)CC(C)C)C(C(=O)N(CC=C)C(C)C)C23CC[C@@]1(C)O3. The van der Waals surface area contributed by atoms with Gasteiger partial charge in [-0.3, -0.25) is 14.4 Å². The van der Waals surface area contributed by atoms with E-state index in [1.54, 1.807) is 11.0 Å². The van der Waals surface area contributed by atoms with E-state index in [0.717, 1.165) is 0 Å². The van der Waals surface area contributed by atoms with Crippen LogP contribution in [0.5, 0.6) is 0 Å². The van der Waals surface area contributed by atoms with E-state index < -0.39 is 41.1 Å². The van der Waals surface area contributed by atoms with E-state index in [9.17, 15) is 19.5 Å². The molecule has 0 aromatic carbocycles. The molecule has 0 aliphatic carbocycles. The van der Waals surface area contributed by atoms with Gasteiger partial charge in [0.1, 0.15) is 24.2 Å². The van der Waals surface area contributed by atoms with Crippen molar-refractivity contribution in [2.24, 2.45) is 17.8 Å². The van der Waals surface area contributed by atoms with E-state index in [1.807, 2.05) is 34.6 Å². The third-order valence-corrected chi connectivity index (χ3v) is 7.63. The second-order valence-electron chi connectivity index (χ2n) is 10.7. The summed E-state index contributed by atoms with van der Waals surface area (Å²) in [5, 5.41) is 10.3. The van der Waals surface area contributed by atoms with E-state index in [1.165, 1.54) is 11.0 Å². The van der Waals surface area contributed by atoms with Gasteiger partial charge in [-0.05, 0) is 46.0 Å². The molecule has 8 nitrogen and oxygen atoms in total. The minimum Gasteiger partial charge on any atom is -0.461 e. The molecule has 34 heavy (non-hydrogen) atoms. The summed E-state index contributed by atoms with van der Waals surface area (Å²) in [4.78, 5) is 44.5. The average Bonchev–Trinajstić information content (AvgIpc) is 3.34. The van der Waals surface area contributed by atoms with Crippen LogP contribution in [-0.2, 0) is 23.9 Å². The summed E-state index contributed by atoms with van der Waals surface area (Å²) in [6.07, 6.45) is 4.70. The Hall–Kier alpha value is -2.19. The monoisotopic (exact) mass is 476 g/mol. The van der Waals surface area contributed by atoms with Gasteiger partial charge in [0, 0.05) is 12.6 Å². The average molecular weight is 477 g/mol. The zero-order valence-corrected chi connectivity index (χ0v) is 21.2. The van der Waals surface area contributed by atoms with Gasteiger partial charge >= 0.3 is 5.97 Å². The minimum atomic E-state index is -1.14. The summed E-state index contributed by atoms with van der Waals surface area (Å²) in [7, 11) is 0. The number of hydrogen-bond donors (Lipinski definition) is 1. The quantitative estimate of drug-likeness (QED) is 0.363. The van der Waals surface area contributed by atoms with Crippen molar-refractivity contribution in [3.63, 3.8) is 0 Å². The van der Waals surface area contributed by atoms with Crippen molar-refractivity contribution in [1.82, 2.24) is 9.80 Å². The predicted octanol–water partition coefficient (Wildman–Crippen LogP) is 2.31. The lowest BCUT2D eigenvalue weighted by atomic mass is 9.66. The molecule has 3 aliphatic rings. The smallest absolute Gasteiger partial charge is 0.313 e. The number of fused-ring (bicyclic) bond motifs is 1. The second kappa shape index (κ2) is 9.82. The standard InChI is InChI=1S/C26H40N2O6/c1-8-12-27(17(5)6)23(31)21-26-11-10-25(7,34-26)20(24(32)33-13-9-2)19(26)22(30)28(21)18(15-29)14-16(3)4/h8-9,16-21,29H,1-2,10-15H2,3-7H3/t18-,19+,20+,21?,25-,26?/m1/s1. The number of amides is 2. The van der Waals surface area contributed by atoms with Crippen molar-refractivity contribution in [1.29, 1.82) is 0 Å². The Morgan fingerprint density at radius 2 is 1.94 bits per heavy atom. The molecule has 0 aromatic heterocycles. The number of aliphatic hydroxyl groups excluding tert-OH is 1. The van der Waals surface area contributed by atoms with E-state index in [2.05, 4.69) is 13.2 Å². The number of ether oxygens (including phenoxy) is 2. The van der Waals surface area contributed by atoms with Crippen molar-refractivity contribution in [3.8, 4) is 0 Å². The second-order valence-corrected chi connectivity index (χ2v) is 10.7. The molecule has 3 rings (SSSR count). The lowest BCUT2D eigenvalue weighted by molar-refractivity contribution is -0.161. The largest absolute Gasteiger partial charge is 0.461 e. The highest BCUT2D eigenvalue weighted by molar-refractivity contribution is 5.98. The molecule has 0 aromatic rings. The minimum absolute atomic E-state index is 0.0402. The topological polar surface area (TPSA) is 96.4 Å². The van der Waals surface area contributed by atoms with Crippen LogP contribution in [-0.4, -0.2) is 81.8 Å². The van der Waals surface area contributed by atoms with E-state index in [4.69, 9.17) is 9.47 Å². The normalized spacial score (nSPS) is 32.8. The van der Waals surface area contributed by atoms with Gasteiger partial charge in [0.25, 0.3) is 0 Å². The molecule has 1 spiro atoms. The highest BCUT2D eigenvalue weighted by atomic mass is 16.6. The summed E-state index contributed by atoms with van der Waals surface area (Å²) in [6.45, 7) is 17.2. The van der Waals surface area contributed by atoms with Crippen molar-refractivity contribution in [2.45, 2.75) is 83.2 Å². The zero-order chi connectivity index (χ0) is 25.4. The molecular formula is C26H40N2O6. The fourth-order valence-electron chi connectivity index (χ4n) is 6.30. The van der Waals surface area contributed by atoms with Crippen LogP contribution < -0.4 is 0 Å². The van der Waals surface area contributed by atoms with Gasteiger partial charge in [0.05, 0.1) is 24.2 Å². The van der Waals surface area contributed by atoms with Gasteiger partial charge in [-0.1, -0.05) is 32.6 Å². The Morgan fingerprint density at radius 3 is 2.47 bits per heavy atom. The Kier molecular flexibility index (Phi) is 7.63. The maximum Gasteiger partial charge on any atom is 0.313 e. The molecule has 3 fully saturated rings. The highest BCUT2D eigenvalue weighted by Gasteiger charge is 2.79. The van der Waals surface area contributed by atoms with E-state index in [0.29, 0.717) is 25.8 Å². The molecular weight excluding hydrogens is 436 g/mol. The molecule has 0 saturated carbocycles. The maximum atomic E-state index is 14.1. The van der Waals surface area contributed by atoms with Crippen molar-refractivity contribution in [3.05, 3.63) is 25.3 Å². The fraction of sp³-hybridized carbons (Fsp3) is 0.731. The summed E-state index contributed by atoms with van der Waals surface area (Å²) in [6, 6.07) is -1.61. The van der Waals surface area contributed by atoms with Crippen LogP contribution in [0.4, 0.5) is 0 Å². The first-order valence-electron chi connectivity index (χ1n) is 12.3. The Bertz CT molecular complexity index is 841. The summed E-state index contributed by atoms with van der Waals surface area (Å²) >= 11 is 0. The first-order valence-corrected chi connectivity index (χ1v) is 12.3. The number of rotatable bonds is 11. The third kappa shape index (κ3) is 4.09. The predicted molar refractivity (Wildman–Crippen MR) is 128 cm³/mol. The number of esters is 1. The molecule has 2 unspecified atom stereocenters. The highest BCUT2D eigenvalue weighted by Crippen LogP contribution is 2.63. The van der Waals surface area contributed by atoms with Gasteiger partial charge in [-0.15, -0.1) is 6.58 Å². The molecule has 190 valence electrons. The van der Waals surface area contributed by atoms with Crippen LogP contribution in [0.1, 0.15) is 53.9 Å². The van der Waals surface area contributed by atoms with Gasteiger partial charge in [-0.25, -0.2) is 0 Å². The van der Waals surface area contributed by atoms with E-state index in [-0.39, 0.29) is 37.0 Å². The maximum absolute atomic E-state index is 14.1. The molecule has 3 heterocycles. The molecule has 3 saturated heterocycles. The number of likely N-dealkylation sites (tertiary alicyclic amines) is 1. The van der Waals surface area contributed by atoms with Crippen LogP contribution in [0, 0.1) is 17.8 Å². The van der Waals surface area contributed by atoms with E-state index >= 15 is 0 Å². The molecule has 2 amide bonds. The number of carbonyl (C=O) groups is 3. The Labute approximate surface area is 202 Å². The number of nitrogens with zero attached hydrogens (tertiary/aromatic N) is 2. The number of carbonyl (C=O) groups excluding carboxylic acids is 3. The van der Waals surface area contributed by atoms with Gasteiger partial charge in [0.15, 0.2) is 0 Å².